The monoisotopic (exact) mass is 368 g/mol. The van der Waals surface area contributed by atoms with Gasteiger partial charge in [-0.05, 0) is 31.0 Å². The molecule has 26 heavy (non-hydrogen) atoms. The standard InChI is InChI=1S/C18H16N4O3S/c23-17-13-8-16(22(24)25)15(9-14(13)20-11-21-17)19-10-18(6-7-18)26-12-4-2-1-3-5-12/h1-5,8-9,11,19H,6-7,10H2,(H,20,21,23). The number of fused-ring (bicyclic) bond motifs is 1. The first-order valence-electron chi connectivity index (χ1n) is 8.20. The Morgan fingerprint density at radius 2 is 2.04 bits per heavy atom. The lowest BCUT2D eigenvalue weighted by Crippen LogP contribution is -2.18. The molecule has 1 heterocycles. The molecule has 8 heteroatoms. The summed E-state index contributed by atoms with van der Waals surface area (Å²) < 4.78 is 0.0474. The average molecular weight is 368 g/mol. The zero-order chi connectivity index (χ0) is 18.1. The number of anilines is 1. The van der Waals surface area contributed by atoms with Gasteiger partial charge in [0.1, 0.15) is 5.69 Å². The minimum Gasteiger partial charge on any atom is -0.378 e. The van der Waals surface area contributed by atoms with Crippen molar-refractivity contribution >= 4 is 34.0 Å². The van der Waals surface area contributed by atoms with Crippen LogP contribution >= 0.6 is 11.8 Å². The summed E-state index contributed by atoms with van der Waals surface area (Å²) in [6, 6.07) is 13.0. The first-order valence-corrected chi connectivity index (χ1v) is 9.02. The van der Waals surface area contributed by atoms with E-state index in [1.807, 2.05) is 18.2 Å². The van der Waals surface area contributed by atoms with Crippen molar-refractivity contribution in [3.63, 3.8) is 0 Å². The number of benzene rings is 2. The van der Waals surface area contributed by atoms with E-state index in [4.69, 9.17) is 0 Å². The summed E-state index contributed by atoms with van der Waals surface area (Å²) in [5, 5.41) is 14.9. The number of nitrogens with zero attached hydrogens (tertiary/aromatic N) is 2. The Hall–Kier alpha value is -2.87. The molecule has 132 valence electrons. The van der Waals surface area contributed by atoms with Crippen molar-refractivity contribution in [2.45, 2.75) is 22.5 Å². The first kappa shape index (κ1) is 16.6. The van der Waals surface area contributed by atoms with Gasteiger partial charge in [-0.3, -0.25) is 14.9 Å². The Kier molecular flexibility index (Phi) is 4.12. The van der Waals surface area contributed by atoms with E-state index in [2.05, 4.69) is 27.4 Å². The van der Waals surface area contributed by atoms with Crippen molar-refractivity contribution in [1.82, 2.24) is 9.97 Å². The lowest BCUT2D eigenvalue weighted by Gasteiger charge is -2.17. The number of thioether (sulfide) groups is 1. The summed E-state index contributed by atoms with van der Waals surface area (Å²) in [5.41, 5.74) is 0.322. The van der Waals surface area contributed by atoms with Gasteiger partial charge in [0.25, 0.3) is 11.2 Å². The van der Waals surface area contributed by atoms with Crippen LogP contribution in [0.4, 0.5) is 11.4 Å². The third kappa shape index (κ3) is 3.28. The van der Waals surface area contributed by atoms with E-state index in [0.717, 1.165) is 12.8 Å². The van der Waals surface area contributed by atoms with Crippen LogP contribution in [0.2, 0.25) is 0 Å². The molecule has 0 radical (unpaired) electrons. The molecule has 1 aliphatic carbocycles. The van der Waals surface area contributed by atoms with Crippen LogP contribution in [0, 0.1) is 10.1 Å². The molecule has 2 aromatic carbocycles. The fourth-order valence-corrected chi connectivity index (χ4v) is 4.09. The molecule has 0 atom stereocenters. The Balaban J connectivity index is 1.60. The van der Waals surface area contributed by atoms with Crippen molar-refractivity contribution in [2.24, 2.45) is 0 Å². The fourth-order valence-electron chi connectivity index (χ4n) is 2.85. The number of nitro benzene ring substituents is 1. The third-order valence-electron chi connectivity index (χ3n) is 4.44. The molecular weight excluding hydrogens is 352 g/mol. The van der Waals surface area contributed by atoms with Crippen molar-refractivity contribution in [1.29, 1.82) is 0 Å². The predicted molar refractivity (Wildman–Crippen MR) is 102 cm³/mol. The second-order valence-electron chi connectivity index (χ2n) is 6.33. The summed E-state index contributed by atoms with van der Waals surface area (Å²) in [7, 11) is 0. The van der Waals surface area contributed by atoms with Crippen molar-refractivity contribution in [3.8, 4) is 0 Å². The van der Waals surface area contributed by atoms with Gasteiger partial charge >= 0.3 is 0 Å². The molecule has 7 nitrogen and oxygen atoms in total. The molecule has 0 saturated heterocycles. The van der Waals surface area contributed by atoms with Gasteiger partial charge in [-0.25, -0.2) is 4.98 Å². The summed E-state index contributed by atoms with van der Waals surface area (Å²) >= 11 is 1.79. The van der Waals surface area contributed by atoms with Gasteiger partial charge in [-0.15, -0.1) is 11.8 Å². The van der Waals surface area contributed by atoms with Gasteiger partial charge in [-0.2, -0.15) is 0 Å². The Morgan fingerprint density at radius 3 is 2.73 bits per heavy atom. The van der Waals surface area contributed by atoms with E-state index in [9.17, 15) is 14.9 Å². The van der Waals surface area contributed by atoms with E-state index in [1.54, 1.807) is 17.8 Å². The maximum absolute atomic E-state index is 11.9. The van der Waals surface area contributed by atoms with Crippen molar-refractivity contribution in [3.05, 3.63) is 69.3 Å². The zero-order valence-electron chi connectivity index (χ0n) is 13.8. The predicted octanol–water partition coefficient (Wildman–Crippen LogP) is 3.57. The van der Waals surface area contributed by atoms with Crippen LogP contribution in [0.5, 0.6) is 0 Å². The number of aromatic nitrogens is 2. The molecule has 0 spiro atoms. The Labute approximate surface area is 153 Å². The minimum absolute atomic E-state index is 0.0474. The molecule has 0 unspecified atom stereocenters. The van der Waals surface area contributed by atoms with Crippen LogP contribution in [0.3, 0.4) is 0 Å². The van der Waals surface area contributed by atoms with Gasteiger partial charge in [0.2, 0.25) is 0 Å². The quantitative estimate of drug-likeness (QED) is 0.509. The summed E-state index contributed by atoms with van der Waals surface area (Å²) in [4.78, 5) is 30.6. The molecule has 1 saturated carbocycles. The molecular formula is C18H16N4O3S. The maximum atomic E-state index is 11.9. The number of nitrogens with one attached hydrogen (secondary N) is 2. The molecule has 0 bridgehead atoms. The number of H-pyrrole nitrogens is 1. The van der Waals surface area contributed by atoms with Crippen molar-refractivity contribution in [2.75, 3.05) is 11.9 Å². The van der Waals surface area contributed by atoms with Gasteiger partial charge in [0, 0.05) is 22.3 Å². The topological polar surface area (TPSA) is 101 Å². The third-order valence-corrected chi connectivity index (χ3v) is 5.93. The number of nitro groups is 1. The van der Waals surface area contributed by atoms with Crippen LogP contribution in [-0.4, -0.2) is 26.2 Å². The fraction of sp³-hybridized carbons (Fsp3) is 0.222. The smallest absolute Gasteiger partial charge is 0.293 e. The average Bonchev–Trinajstić information content (AvgIpc) is 3.40. The van der Waals surface area contributed by atoms with Crippen LogP contribution < -0.4 is 10.9 Å². The maximum Gasteiger partial charge on any atom is 0.293 e. The number of aromatic amines is 1. The molecule has 3 aromatic rings. The van der Waals surface area contributed by atoms with Gasteiger partial charge < -0.3 is 10.3 Å². The zero-order valence-corrected chi connectivity index (χ0v) is 14.6. The Morgan fingerprint density at radius 1 is 1.27 bits per heavy atom. The Bertz CT molecular complexity index is 1030. The summed E-state index contributed by atoms with van der Waals surface area (Å²) in [6.07, 6.45) is 3.41. The highest BCUT2D eigenvalue weighted by molar-refractivity contribution is 8.01. The van der Waals surface area contributed by atoms with E-state index in [1.165, 1.54) is 17.3 Å². The molecule has 1 aliphatic rings. The summed E-state index contributed by atoms with van der Waals surface area (Å²) in [6.45, 7) is 0.613. The lowest BCUT2D eigenvalue weighted by atomic mass is 10.2. The minimum atomic E-state index is -0.474. The SMILES string of the molecule is O=c1[nH]cnc2cc(NCC3(Sc4ccccc4)CC3)c([N+](=O)[O-])cc12. The van der Waals surface area contributed by atoms with E-state index in [-0.39, 0.29) is 21.4 Å². The molecule has 1 fully saturated rings. The molecule has 0 amide bonds. The largest absolute Gasteiger partial charge is 0.378 e. The second kappa shape index (κ2) is 6.45. The summed E-state index contributed by atoms with van der Waals surface area (Å²) in [5.74, 6) is 0. The van der Waals surface area contributed by atoms with Crippen LogP contribution in [0.25, 0.3) is 10.9 Å². The lowest BCUT2D eigenvalue weighted by molar-refractivity contribution is -0.383. The highest BCUT2D eigenvalue weighted by Crippen LogP contribution is 2.51. The highest BCUT2D eigenvalue weighted by atomic mass is 32.2. The first-order chi connectivity index (χ1) is 12.6. The van der Waals surface area contributed by atoms with Crippen LogP contribution in [0.1, 0.15) is 12.8 Å². The van der Waals surface area contributed by atoms with E-state index >= 15 is 0 Å². The van der Waals surface area contributed by atoms with Gasteiger partial charge in [0.05, 0.1) is 22.2 Å². The number of rotatable bonds is 6. The van der Waals surface area contributed by atoms with Gasteiger partial charge in [-0.1, -0.05) is 18.2 Å². The number of hydrogen-bond acceptors (Lipinski definition) is 6. The van der Waals surface area contributed by atoms with Crippen molar-refractivity contribution < 1.29 is 4.92 Å². The van der Waals surface area contributed by atoms with Crippen LogP contribution in [-0.2, 0) is 0 Å². The van der Waals surface area contributed by atoms with E-state index < -0.39 is 4.92 Å². The van der Waals surface area contributed by atoms with Gasteiger partial charge in [0.15, 0.2) is 0 Å². The highest BCUT2D eigenvalue weighted by Gasteiger charge is 2.43. The molecule has 4 rings (SSSR count). The van der Waals surface area contributed by atoms with Crippen LogP contribution in [0.15, 0.2) is 58.5 Å². The molecule has 0 aliphatic heterocycles. The second-order valence-corrected chi connectivity index (χ2v) is 7.87. The van der Waals surface area contributed by atoms with E-state index in [0.29, 0.717) is 17.7 Å². The normalized spacial score (nSPS) is 14.9. The number of hydrogen-bond donors (Lipinski definition) is 2. The molecule has 2 N–H and O–H groups in total. The molecule has 1 aromatic heterocycles.